The molecule has 1 aromatic carbocycles. The van der Waals surface area contributed by atoms with Crippen molar-refractivity contribution in [2.24, 2.45) is 0 Å². The van der Waals surface area contributed by atoms with E-state index in [0.29, 0.717) is 12.2 Å². The minimum Gasteiger partial charge on any atom is -0.379 e. The third kappa shape index (κ3) is 5.81. The predicted octanol–water partition coefficient (Wildman–Crippen LogP) is 1.28. The Balaban J connectivity index is 1.63. The highest BCUT2D eigenvalue weighted by atomic mass is 19.1. The zero-order chi connectivity index (χ0) is 14.9. The number of anilines is 1. The molecule has 6 heteroatoms. The Morgan fingerprint density at radius 2 is 1.95 bits per heavy atom. The van der Waals surface area contributed by atoms with Gasteiger partial charge in [0, 0.05) is 18.8 Å². The van der Waals surface area contributed by atoms with Crippen molar-refractivity contribution >= 4 is 11.7 Å². The van der Waals surface area contributed by atoms with Gasteiger partial charge in [-0.05, 0) is 24.3 Å². The first-order chi connectivity index (χ1) is 10.2. The predicted molar refractivity (Wildman–Crippen MR) is 78.5 cm³/mol. The third-order valence-corrected chi connectivity index (χ3v) is 2.97. The quantitative estimate of drug-likeness (QED) is 0.825. The van der Waals surface area contributed by atoms with Crippen molar-refractivity contribution in [1.82, 2.24) is 10.2 Å². The minimum absolute atomic E-state index is 0.275. The van der Waals surface area contributed by atoms with Gasteiger partial charge in [0.25, 0.3) is 0 Å². The molecule has 0 saturated carbocycles. The van der Waals surface area contributed by atoms with E-state index in [1.54, 1.807) is 0 Å². The number of benzene rings is 1. The third-order valence-electron chi connectivity index (χ3n) is 2.97. The largest absolute Gasteiger partial charge is 0.379 e. The second-order valence-electron chi connectivity index (χ2n) is 4.56. The zero-order valence-corrected chi connectivity index (χ0v) is 11.7. The molecule has 2 rings (SSSR count). The minimum atomic E-state index is -0.359. The number of carbonyl (C=O) groups is 1. The fraction of sp³-hybridized carbons (Fsp3) is 0.400. The molecule has 1 heterocycles. The van der Waals surface area contributed by atoms with Crippen LogP contribution >= 0.6 is 0 Å². The number of halogens is 1. The zero-order valence-electron chi connectivity index (χ0n) is 11.7. The Morgan fingerprint density at radius 3 is 2.67 bits per heavy atom. The van der Waals surface area contributed by atoms with Crippen LogP contribution in [0.1, 0.15) is 0 Å². The van der Waals surface area contributed by atoms with Gasteiger partial charge in [0.2, 0.25) is 0 Å². The van der Waals surface area contributed by atoms with E-state index in [2.05, 4.69) is 27.4 Å². The summed E-state index contributed by atoms with van der Waals surface area (Å²) in [5, 5.41) is 5.22. The van der Waals surface area contributed by atoms with Gasteiger partial charge in [-0.2, -0.15) is 0 Å². The lowest BCUT2D eigenvalue weighted by molar-refractivity contribution is 0.0443. The maximum absolute atomic E-state index is 12.7. The van der Waals surface area contributed by atoms with Gasteiger partial charge in [-0.15, -0.1) is 0 Å². The molecule has 0 aromatic heterocycles. The van der Waals surface area contributed by atoms with Crippen molar-refractivity contribution < 1.29 is 13.9 Å². The standard InChI is InChI=1S/C15H18FN3O2/c16-13-3-5-14(6-4-13)18-15(20)17-7-1-2-8-19-9-11-21-12-10-19/h3-6H,7-12H2,(H2,17,18,20). The first-order valence-electron chi connectivity index (χ1n) is 6.80. The highest BCUT2D eigenvalue weighted by molar-refractivity contribution is 5.89. The van der Waals surface area contributed by atoms with Crippen LogP contribution in [-0.4, -0.2) is 50.3 Å². The van der Waals surface area contributed by atoms with Gasteiger partial charge in [0.05, 0.1) is 26.3 Å². The maximum Gasteiger partial charge on any atom is 0.319 e. The lowest BCUT2D eigenvalue weighted by Gasteiger charge is -2.24. The molecule has 0 radical (unpaired) electrons. The van der Waals surface area contributed by atoms with Crippen molar-refractivity contribution in [2.45, 2.75) is 0 Å². The Kier molecular flexibility index (Phi) is 6.00. The lowest BCUT2D eigenvalue weighted by atomic mass is 10.3. The van der Waals surface area contributed by atoms with Gasteiger partial charge >= 0.3 is 6.03 Å². The molecule has 1 aliphatic heterocycles. The van der Waals surface area contributed by atoms with Crippen LogP contribution in [0.25, 0.3) is 0 Å². The van der Waals surface area contributed by atoms with Gasteiger partial charge in [-0.1, -0.05) is 11.8 Å². The molecule has 0 atom stereocenters. The van der Waals surface area contributed by atoms with Gasteiger partial charge < -0.3 is 15.4 Å². The molecule has 112 valence electrons. The van der Waals surface area contributed by atoms with E-state index in [-0.39, 0.29) is 18.4 Å². The molecule has 0 aliphatic carbocycles. The van der Waals surface area contributed by atoms with Crippen LogP contribution in [-0.2, 0) is 4.74 Å². The van der Waals surface area contributed by atoms with E-state index >= 15 is 0 Å². The first kappa shape index (κ1) is 15.3. The Bertz CT molecular complexity index is 516. The normalized spacial score (nSPS) is 14.9. The summed E-state index contributed by atoms with van der Waals surface area (Å²) in [6, 6.07) is 5.22. The second-order valence-corrected chi connectivity index (χ2v) is 4.56. The van der Waals surface area contributed by atoms with Gasteiger partial charge in [0.1, 0.15) is 5.82 Å². The summed E-state index contributed by atoms with van der Waals surface area (Å²) in [6.07, 6.45) is 0. The van der Waals surface area contributed by atoms with Crippen molar-refractivity contribution in [1.29, 1.82) is 0 Å². The van der Waals surface area contributed by atoms with Gasteiger partial charge in [-0.25, -0.2) is 9.18 Å². The molecule has 0 spiro atoms. The smallest absolute Gasteiger partial charge is 0.319 e. The summed E-state index contributed by atoms with van der Waals surface area (Å²) in [4.78, 5) is 13.8. The van der Waals surface area contributed by atoms with Crippen LogP contribution in [0.2, 0.25) is 0 Å². The number of hydrogen-bond donors (Lipinski definition) is 2. The van der Waals surface area contributed by atoms with Gasteiger partial charge in [0.15, 0.2) is 0 Å². The Hall–Kier alpha value is -2.10. The van der Waals surface area contributed by atoms with Crippen LogP contribution in [0.3, 0.4) is 0 Å². The number of urea groups is 1. The van der Waals surface area contributed by atoms with E-state index in [9.17, 15) is 9.18 Å². The molecular weight excluding hydrogens is 273 g/mol. The van der Waals surface area contributed by atoms with E-state index < -0.39 is 0 Å². The molecule has 2 N–H and O–H groups in total. The van der Waals surface area contributed by atoms with E-state index in [1.165, 1.54) is 24.3 Å². The van der Waals surface area contributed by atoms with Crippen LogP contribution < -0.4 is 10.6 Å². The molecule has 0 bridgehead atoms. The van der Waals surface area contributed by atoms with Crippen LogP contribution in [0, 0.1) is 17.7 Å². The molecule has 1 aliphatic rings. The summed E-state index contributed by atoms with van der Waals surface area (Å²) in [6.45, 7) is 4.25. The number of amides is 2. The van der Waals surface area contributed by atoms with E-state index in [4.69, 9.17) is 4.74 Å². The van der Waals surface area contributed by atoms with Gasteiger partial charge in [-0.3, -0.25) is 4.90 Å². The summed E-state index contributed by atoms with van der Waals surface area (Å²) < 4.78 is 18.0. The summed E-state index contributed by atoms with van der Waals surface area (Å²) in [5.74, 6) is 5.57. The number of carbonyl (C=O) groups excluding carboxylic acids is 1. The number of rotatable bonds is 3. The van der Waals surface area contributed by atoms with Crippen molar-refractivity contribution in [2.75, 3.05) is 44.7 Å². The SMILES string of the molecule is O=C(NCC#CCN1CCOCC1)Nc1ccc(F)cc1. The van der Waals surface area contributed by atoms with Crippen molar-refractivity contribution in [3.63, 3.8) is 0 Å². The summed E-state index contributed by atoms with van der Waals surface area (Å²) in [7, 11) is 0. The molecule has 0 unspecified atom stereocenters. The summed E-state index contributed by atoms with van der Waals surface area (Å²) in [5.41, 5.74) is 0.537. The van der Waals surface area contributed by atoms with Crippen LogP contribution in [0.4, 0.5) is 14.9 Å². The average molecular weight is 291 g/mol. The molecule has 2 amide bonds. The second kappa shape index (κ2) is 8.25. The Morgan fingerprint density at radius 1 is 1.24 bits per heavy atom. The molecule has 1 fully saturated rings. The Labute approximate surface area is 123 Å². The monoisotopic (exact) mass is 291 g/mol. The molecule has 5 nitrogen and oxygen atoms in total. The molecule has 21 heavy (non-hydrogen) atoms. The topological polar surface area (TPSA) is 53.6 Å². The molecule has 1 aromatic rings. The molecular formula is C15H18FN3O2. The average Bonchev–Trinajstić information content (AvgIpc) is 2.50. The van der Waals surface area contributed by atoms with Crippen molar-refractivity contribution in [3.05, 3.63) is 30.1 Å². The summed E-state index contributed by atoms with van der Waals surface area (Å²) >= 11 is 0. The number of nitrogens with one attached hydrogen (secondary N) is 2. The number of nitrogens with zero attached hydrogens (tertiary/aromatic N) is 1. The van der Waals surface area contributed by atoms with Crippen LogP contribution in [0.5, 0.6) is 0 Å². The van der Waals surface area contributed by atoms with Crippen LogP contribution in [0.15, 0.2) is 24.3 Å². The number of hydrogen-bond acceptors (Lipinski definition) is 3. The fourth-order valence-corrected chi connectivity index (χ4v) is 1.82. The highest BCUT2D eigenvalue weighted by Gasteiger charge is 2.07. The van der Waals surface area contributed by atoms with E-state index in [1.807, 2.05) is 0 Å². The molecule has 1 saturated heterocycles. The van der Waals surface area contributed by atoms with Crippen molar-refractivity contribution in [3.8, 4) is 11.8 Å². The van der Waals surface area contributed by atoms with E-state index in [0.717, 1.165) is 26.3 Å². The number of ether oxygens (including phenoxy) is 1. The highest BCUT2D eigenvalue weighted by Crippen LogP contribution is 2.07. The maximum atomic E-state index is 12.7. The fourth-order valence-electron chi connectivity index (χ4n) is 1.82. The lowest BCUT2D eigenvalue weighted by Crippen LogP contribution is -2.36. The first-order valence-corrected chi connectivity index (χ1v) is 6.80. The number of morpholine rings is 1.